The molecule has 5 nitrogen and oxygen atoms in total. The molecule has 6 rings (SSSR count). The third-order valence-corrected chi connectivity index (χ3v) is 6.66. The van der Waals surface area contributed by atoms with Crippen LogP contribution in [0.25, 0.3) is 22.0 Å². The average molecular weight is 499 g/mol. The average Bonchev–Trinajstić information content (AvgIpc) is 3.57. The highest BCUT2D eigenvalue weighted by Gasteiger charge is 2.21. The van der Waals surface area contributed by atoms with Crippen LogP contribution in [0.5, 0.6) is 5.75 Å². The zero-order valence-electron chi connectivity index (χ0n) is 19.5. The Balaban J connectivity index is 1.21. The Morgan fingerprint density at radius 2 is 1.92 bits per heavy atom. The normalized spacial score (nSPS) is 13.2. The largest absolute Gasteiger partial charge is 0.487 e. The van der Waals surface area contributed by atoms with Crippen LogP contribution in [0.3, 0.4) is 0 Å². The molecule has 0 radical (unpaired) electrons. The minimum atomic E-state index is -0.294. The van der Waals surface area contributed by atoms with Crippen LogP contribution in [0.4, 0.5) is 15.9 Å². The van der Waals surface area contributed by atoms with Gasteiger partial charge in [0.25, 0.3) is 0 Å². The molecule has 0 bridgehead atoms. The summed E-state index contributed by atoms with van der Waals surface area (Å²) in [7, 11) is 0. The summed E-state index contributed by atoms with van der Waals surface area (Å²) >= 11 is 6.49. The molecule has 0 aliphatic heterocycles. The van der Waals surface area contributed by atoms with Gasteiger partial charge in [-0.05, 0) is 84.0 Å². The summed E-state index contributed by atoms with van der Waals surface area (Å²) in [6, 6.07) is 20.2. The van der Waals surface area contributed by atoms with Crippen molar-refractivity contribution in [3.8, 4) is 16.9 Å². The Hall–Kier alpha value is -3.90. The fraction of sp³-hybridized carbons (Fsp3) is 0.172. The maximum atomic E-state index is 13.4. The first-order valence-corrected chi connectivity index (χ1v) is 12.3. The number of aromatic nitrogens is 3. The Morgan fingerprint density at radius 3 is 2.75 bits per heavy atom. The van der Waals surface area contributed by atoms with Crippen molar-refractivity contribution in [3.05, 3.63) is 102 Å². The van der Waals surface area contributed by atoms with Gasteiger partial charge in [-0.3, -0.25) is 0 Å². The summed E-state index contributed by atoms with van der Waals surface area (Å²) in [5.74, 6) is 1.76. The lowest BCUT2D eigenvalue weighted by atomic mass is 10.1. The fourth-order valence-corrected chi connectivity index (χ4v) is 4.51. The summed E-state index contributed by atoms with van der Waals surface area (Å²) in [6.45, 7) is 1.32. The van der Waals surface area contributed by atoms with Gasteiger partial charge in [-0.25, -0.2) is 14.4 Å². The second kappa shape index (κ2) is 9.63. The Bertz CT molecular complexity index is 1550. The highest BCUT2D eigenvalue weighted by atomic mass is 35.5. The zero-order chi connectivity index (χ0) is 24.5. The first-order chi connectivity index (χ1) is 17.6. The third-order valence-electron chi connectivity index (χ3n) is 6.36. The highest BCUT2D eigenvalue weighted by Crippen LogP contribution is 2.34. The number of ether oxygens (including phenoxy) is 1. The molecule has 0 atom stereocenters. The lowest BCUT2D eigenvalue weighted by Gasteiger charge is -2.12. The van der Waals surface area contributed by atoms with Crippen molar-refractivity contribution in [1.82, 2.24) is 14.5 Å². The van der Waals surface area contributed by atoms with E-state index in [9.17, 15) is 4.39 Å². The SMILES string of the molecule is Fc1cccc(COc2ccc(Nc3ncnc4ccc(-c5ccn(CC6CC6)c5)cc34)cc2Cl)c1. The van der Waals surface area contributed by atoms with Crippen molar-refractivity contribution in [1.29, 1.82) is 0 Å². The molecule has 0 spiro atoms. The maximum absolute atomic E-state index is 13.4. The van der Waals surface area contributed by atoms with Crippen molar-refractivity contribution < 1.29 is 9.13 Å². The second-order valence-corrected chi connectivity index (χ2v) is 9.59. The Kier molecular flexibility index (Phi) is 6.03. The van der Waals surface area contributed by atoms with Gasteiger partial charge in [-0.2, -0.15) is 0 Å². The van der Waals surface area contributed by atoms with E-state index in [1.165, 1.54) is 30.5 Å². The van der Waals surface area contributed by atoms with Crippen LogP contribution in [0, 0.1) is 11.7 Å². The van der Waals surface area contributed by atoms with Crippen molar-refractivity contribution >= 4 is 34.0 Å². The summed E-state index contributed by atoms with van der Waals surface area (Å²) in [4.78, 5) is 8.92. The van der Waals surface area contributed by atoms with Gasteiger partial charge in [0.15, 0.2) is 0 Å². The van der Waals surface area contributed by atoms with E-state index in [-0.39, 0.29) is 12.4 Å². The number of anilines is 2. The molecule has 1 aliphatic carbocycles. The molecular weight excluding hydrogens is 475 g/mol. The number of hydrogen-bond donors (Lipinski definition) is 1. The molecule has 36 heavy (non-hydrogen) atoms. The van der Waals surface area contributed by atoms with Crippen molar-refractivity contribution in [3.63, 3.8) is 0 Å². The van der Waals surface area contributed by atoms with Gasteiger partial charge in [-0.15, -0.1) is 0 Å². The van der Waals surface area contributed by atoms with Crippen molar-refractivity contribution in [2.75, 3.05) is 5.32 Å². The Morgan fingerprint density at radius 1 is 1.00 bits per heavy atom. The smallest absolute Gasteiger partial charge is 0.141 e. The van der Waals surface area contributed by atoms with Gasteiger partial charge in [-0.1, -0.05) is 29.8 Å². The molecule has 1 N–H and O–H groups in total. The monoisotopic (exact) mass is 498 g/mol. The highest BCUT2D eigenvalue weighted by molar-refractivity contribution is 6.32. The summed E-state index contributed by atoms with van der Waals surface area (Å²) in [6.07, 6.45) is 8.58. The molecule has 1 aliphatic rings. The molecule has 0 unspecified atom stereocenters. The van der Waals surface area contributed by atoms with Gasteiger partial charge < -0.3 is 14.6 Å². The van der Waals surface area contributed by atoms with Gasteiger partial charge >= 0.3 is 0 Å². The van der Waals surface area contributed by atoms with E-state index in [0.717, 1.165) is 40.2 Å². The van der Waals surface area contributed by atoms with E-state index in [1.54, 1.807) is 24.5 Å². The van der Waals surface area contributed by atoms with Gasteiger partial charge in [0.05, 0.1) is 10.5 Å². The molecule has 0 amide bonds. The van der Waals surface area contributed by atoms with Crippen molar-refractivity contribution in [2.45, 2.75) is 26.0 Å². The topological polar surface area (TPSA) is 52.0 Å². The minimum absolute atomic E-state index is 0.228. The van der Waals surface area contributed by atoms with Crippen LogP contribution in [0.15, 0.2) is 85.5 Å². The number of nitrogens with zero attached hydrogens (tertiary/aromatic N) is 3. The predicted octanol–water partition coefficient (Wildman–Crippen LogP) is 7.62. The molecule has 180 valence electrons. The number of fused-ring (bicyclic) bond motifs is 1. The lowest BCUT2D eigenvalue weighted by Crippen LogP contribution is -1.99. The van der Waals surface area contributed by atoms with Gasteiger partial charge in [0, 0.05) is 30.0 Å². The third kappa shape index (κ3) is 5.04. The molecule has 5 aromatic rings. The van der Waals surface area contributed by atoms with E-state index in [1.807, 2.05) is 18.2 Å². The van der Waals surface area contributed by atoms with E-state index in [4.69, 9.17) is 16.3 Å². The van der Waals surface area contributed by atoms with Crippen LogP contribution in [0.1, 0.15) is 18.4 Å². The zero-order valence-corrected chi connectivity index (χ0v) is 20.3. The molecule has 1 saturated carbocycles. The minimum Gasteiger partial charge on any atom is -0.487 e. The van der Waals surface area contributed by atoms with Crippen LogP contribution in [0.2, 0.25) is 5.02 Å². The summed E-state index contributed by atoms with van der Waals surface area (Å²) < 4.78 is 21.5. The first kappa shape index (κ1) is 22.6. The molecule has 0 saturated heterocycles. The maximum Gasteiger partial charge on any atom is 0.141 e. The number of benzene rings is 3. The van der Waals surface area contributed by atoms with E-state index in [0.29, 0.717) is 16.6 Å². The van der Waals surface area contributed by atoms with Crippen molar-refractivity contribution in [2.24, 2.45) is 5.92 Å². The number of nitrogens with one attached hydrogen (secondary N) is 1. The molecule has 7 heteroatoms. The quantitative estimate of drug-likeness (QED) is 0.239. The van der Waals surface area contributed by atoms with Crippen LogP contribution in [-0.2, 0) is 13.2 Å². The first-order valence-electron chi connectivity index (χ1n) is 12.0. The number of halogens is 2. The van der Waals surface area contributed by atoms with E-state index >= 15 is 0 Å². The molecular formula is C29H24ClFN4O. The predicted molar refractivity (Wildman–Crippen MR) is 141 cm³/mol. The summed E-state index contributed by atoms with van der Waals surface area (Å²) in [5.41, 5.74) is 4.66. The molecule has 1 fully saturated rings. The number of hydrogen-bond acceptors (Lipinski definition) is 4. The molecule has 2 heterocycles. The van der Waals surface area contributed by atoms with Gasteiger partial charge in [0.1, 0.15) is 30.3 Å². The fourth-order valence-electron chi connectivity index (χ4n) is 4.28. The second-order valence-electron chi connectivity index (χ2n) is 9.18. The van der Waals surface area contributed by atoms with Gasteiger partial charge in [0.2, 0.25) is 0 Å². The van der Waals surface area contributed by atoms with Crippen LogP contribution < -0.4 is 10.1 Å². The molecule has 3 aromatic carbocycles. The Labute approximate surface area is 213 Å². The van der Waals surface area contributed by atoms with E-state index < -0.39 is 0 Å². The lowest BCUT2D eigenvalue weighted by molar-refractivity contribution is 0.306. The van der Waals surface area contributed by atoms with Crippen LogP contribution >= 0.6 is 11.6 Å². The molecule has 2 aromatic heterocycles. The standard InChI is InChI=1S/C29H24ClFN4O/c30-26-14-24(7-9-28(26)36-17-20-2-1-3-23(31)12-20)34-29-25-13-21(6-8-27(25)32-18-33-29)22-10-11-35(16-22)15-19-4-5-19/h1-3,6-14,16,18-19H,4-5,15,17H2,(H,32,33,34). The van der Waals surface area contributed by atoms with E-state index in [2.05, 4.69) is 50.4 Å². The summed E-state index contributed by atoms with van der Waals surface area (Å²) in [5, 5.41) is 4.74. The number of rotatable bonds is 8. The van der Waals surface area contributed by atoms with Crippen LogP contribution in [-0.4, -0.2) is 14.5 Å².